The summed E-state index contributed by atoms with van der Waals surface area (Å²) in [6.07, 6.45) is 0.352. The fraction of sp³-hybridized carbons (Fsp3) is 0.231. The molecule has 8 nitrogen and oxygen atoms in total. The van der Waals surface area contributed by atoms with E-state index in [0.717, 1.165) is 5.69 Å². The van der Waals surface area contributed by atoms with Gasteiger partial charge in [-0.1, -0.05) is 0 Å². The number of anilines is 1. The second-order valence-electron chi connectivity index (χ2n) is 4.22. The molecule has 0 amide bonds. The predicted octanol–water partition coefficient (Wildman–Crippen LogP) is 2.15. The van der Waals surface area contributed by atoms with Crippen molar-refractivity contribution < 1.29 is 9.66 Å². The molecule has 2 rings (SSSR count). The summed E-state index contributed by atoms with van der Waals surface area (Å²) < 4.78 is 6.98. The molecule has 1 N–H and O–H groups in total. The van der Waals surface area contributed by atoms with E-state index in [1.807, 2.05) is 19.2 Å². The molecule has 21 heavy (non-hydrogen) atoms. The van der Waals surface area contributed by atoms with Crippen LogP contribution in [-0.4, -0.2) is 28.2 Å². The lowest BCUT2D eigenvalue weighted by Gasteiger charge is -2.12. The minimum absolute atomic E-state index is 0.132. The Labute approximate surface area is 121 Å². The van der Waals surface area contributed by atoms with Crippen molar-refractivity contribution in [2.75, 3.05) is 12.4 Å². The molecular weight excluding hydrogens is 274 g/mol. The molecule has 1 unspecified atom stereocenters. The topological polar surface area (TPSA) is 94.6 Å². The SMILES string of the molecule is C=NC(Oc1ccc(NC)cc1)c1ncc([N+](=O)[O-])n1C. The highest BCUT2D eigenvalue weighted by molar-refractivity contribution is 5.45. The van der Waals surface area contributed by atoms with Crippen LogP contribution in [0, 0.1) is 10.1 Å². The minimum Gasteiger partial charge on any atom is -0.459 e. The number of aromatic nitrogens is 2. The maximum absolute atomic E-state index is 10.8. The molecule has 1 aromatic heterocycles. The smallest absolute Gasteiger partial charge is 0.342 e. The number of imidazole rings is 1. The zero-order chi connectivity index (χ0) is 15.4. The third kappa shape index (κ3) is 2.99. The van der Waals surface area contributed by atoms with Crippen molar-refractivity contribution in [1.29, 1.82) is 0 Å². The van der Waals surface area contributed by atoms with E-state index < -0.39 is 11.2 Å². The molecule has 0 aliphatic rings. The molecular formula is C13H15N5O3. The quantitative estimate of drug-likeness (QED) is 0.499. The molecule has 0 radical (unpaired) electrons. The Hall–Kier alpha value is -2.90. The molecule has 0 fully saturated rings. The van der Waals surface area contributed by atoms with Crippen molar-refractivity contribution in [2.45, 2.75) is 6.23 Å². The van der Waals surface area contributed by atoms with Crippen molar-refractivity contribution in [3.05, 3.63) is 46.4 Å². The van der Waals surface area contributed by atoms with Crippen molar-refractivity contribution in [3.8, 4) is 5.75 Å². The van der Waals surface area contributed by atoms with Gasteiger partial charge in [-0.3, -0.25) is 0 Å². The highest BCUT2D eigenvalue weighted by Gasteiger charge is 2.25. The average molecular weight is 289 g/mol. The van der Waals surface area contributed by atoms with Crippen molar-refractivity contribution >= 4 is 18.2 Å². The fourth-order valence-corrected chi connectivity index (χ4v) is 1.81. The Morgan fingerprint density at radius 3 is 2.62 bits per heavy atom. The predicted molar refractivity (Wildman–Crippen MR) is 78.8 cm³/mol. The number of nitrogens with zero attached hydrogens (tertiary/aromatic N) is 4. The summed E-state index contributed by atoms with van der Waals surface area (Å²) >= 11 is 0. The van der Waals surface area contributed by atoms with Crippen molar-refractivity contribution in [3.63, 3.8) is 0 Å². The number of benzene rings is 1. The highest BCUT2D eigenvalue weighted by atomic mass is 16.6. The average Bonchev–Trinajstić information content (AvgIpc) is 2.87. The lowest BCUT2D eigenvalue weighted by Crippen LogP contribution is -2.11. The summed E-state index contributed by atoms with van der Waals surface area (Å²) in [6.45, 7) is 3.45. The Morgan fingerprint density at radius 1 is 1.48 bits per heavy atom. The zero-order valence-electron chi connectivity index (χ0n) is 11.7. The van der Waals surface area contributed by atoms with Gasteiger partial charge in [-0.25, -0.2) is 14.5 Å². The third-order valence-corrected chi connectivity index (χ3v) is 2.96. The summed E-state index contributed by atoms with van der Waals surface area (Å²) in [4.78, 5) is 18.1. The van der Waals surface area contributed by atoms with Crippen molar-refractivity contribution in [1.82, 2.24) is 9.55 Å². The van der Waals surface area contributed by atoms with E-state index in [9.17, 15) is 10.1 Å². The molecule has 8 heteroatoms. The first-order chi connectivity index (χ1) is 10.1. The first-order valence-electron chi connectivity index (χ1n) is 6.13. The van der Waals surface area contributed by atoms with Gasteiger partial charge in [0.05, 0.1) is 7.05 Å². The van der Waals surface area contributed by atoms with Gasteiger partial charge in [-0.15, -0.1) is 0 Å². The number of hydrogen-bond donors (Lipinski definition) is 1. The molecule has 110 valence electrons. The summed E-state index contributed by atoms with van der Waals surface area (Å²) in [7, 11) is 3.35. The van der Waals surface area contributed by atoms with Crippen LogP contribution in [0.15, 0.2) is 35.5 Å². The van der Waals surface area contributed by atoms with Crippen LogP contribution in [-0.2, 0) is 7.05 Å². The van der Waals surface area contributed by atoms with E-state index in [4.69, 9.17) is 4.74 Å². The molecule has 2 aromatic rings. The number of hydrogen-bond acceptors (Lipinski definition) is 6. The van der Waals surface area contributed by atoms with Gasteiger partial charge in [-0.05, 0) is 35.9 Å². The van der Waals surface area contributed by atoms with Gasteiger partial charge < -0.3 is 20.2 Å². The summed E-state index contributed by atoms with van der Waals surface area (Å²) in [6, 6.07) is 7.22. The second-order valence-corrected chi connectivity index (χ2v) is 4.22. The standard InChI is InChI=1S/C13H15N5O3/c1-14-9-4-6-10(7-5-9)21-13(15-2)12-16-8-11(17(12)3)18(19)20/h4-8,13-14H,2H2,1,3H3. The number of nitro groups is 1. The van der Waals surface area contributed by atoms with Crippen LogP contribution in [0.3, 0.4) is 0 Å². The second kappa shape index (κ2) is 6.04. The fourth-order valence-electron chi connectivity index (χ4n) is 1.81. The van der Waals surface area contributed by atoms with Crippen LogP contribution >= 0.6 is 0 Å². The third-order valence-electron chi connectivity index (χ3n) is 2.96. The molecule has 0 aliphatic carbocycles. The zero-order valence-corrected chi connectivity index (χ0v) is 11.7. The Bertz CT molecular complexity index is 650. The lowest BCUT2D eigenvalue weighted by atomic mass is 10.3. The number of aliphatic imine (C=N–C) groups is 1. The van der Waals surface area contributed by atoms with Gasteiger partial charge in [-0.2, -0.15) is 0 Å². The van der Waals surface area contributed by atoms with Crippen LogP contribution < -0.4 is 10.1 Å². The Balaban J connectivity index is 2.23. The van der Waals surface area contributed by atoms with E-state index in [-0.39, 0.29) is 5.82 Å². The van der Waals surface area contributed by atoms with Crippen LogP contribution in [0.4, 0.5) is 11.5 Å². The van der Waals surface area contributed by atoms with E-state index in [1.165, 1.54) is 17.8 Å². The molecule has 1 aromatic carbocycles. The molecule has 0 bridgehead atoms. The Morgan fingerprint density at radius 2 is 2.14 bits per heavy atom. The summed E-state index contributed by atoms with van der Waals surface area (Å²) in [5.41, 5.74) is 0.943. The van der Waals surface area contributed by atoms with Gasteiger partial charge in [0.1, 0.15) is 11.9 Å². The van der Waals surface area contributed by atoms with Gasteiger partial charge in [0.2, 0.25) is 0 Å². The molecule has 0 spiro atoms. The number of rotatable bonds is 6. The van der Waals surface area contributed by atoms with E-state index in [2.05, 4.69) is 22.0 Å². The first-order valence-corrected chi connectivity index (χ1v) is 6.13. The molecule has 1 heterocycles. The van der Waals surface area contributed by atoms with Gasteiger partial charge in [0.25, 0.3) is 12.1 Å². The summed E-state index contributed by atoms with van der Waals surface area (Å²) in [5.74, 6) is 0.749. The van der Waals surface area contributed by atoms with Crippen LogP contribution in [0.25, 0.3) is 0 Å². The number of ether oxygens (including phenoxy) is 1. The minimum atomic E-state index is -0.816. The number of nitrogens with one attached hydrogen (secondary N) is 1. The molecule has 0 saturated heterocycles. The van der Waals surface area contributed by atoms with E-state index >= 15 is 0 Å². The molecule has 0 saturated carbocycles. The van der Waals surface area contributed by atoms with E-state index in [0.29, 0.717) is 11.6 Å². The molecule has 0 aliphatic heterocycles. The van der Waals surface area contributed by atoms with Crippen LogP contribution in [0.5, 0.6) is 5.75 Å². The van der Waals surface area contributed by atoms with Gasteiger partial charge >= 0.3 is 5.82 Å². The maximum Gasteiger partial charge on any atom is 0.342 e. The monoisotopic (exact) mass is 289 g/mol. The lowest BCUT2D eigenvalue weighted by molar-refractivity contribution is -0.391. The Kier molecular flexibility index (Phi) is 4.17. The van der Waals surface area contributed by atoms with Gasteiger partial charge in [0.15, 0.2) is 0 Å². The van der Waals surface area contributed by atoms with Crippen LogP contribution in [0.1, 0.15) is 12.1 Å². The summed E-state index contributed by atoms with van der Waals surface area (Å²) in [5, 5.41) is 13.8. The maximum atomic E-state index is 10.8. The first kappa shape index (κ1) is 14.5. The highest BCUT2D eigenvalue weighted by Crippen LogP contribution is 2.25. The van der Waals surface area contributed by atoms with Gasteiger partial charge in [0, 0.05) is 12.7 Å². The molecule has 1 atom stereocenters. The normalized spacial score (nSPS) is 11.7. The van der Waals surface area contributed by atoms with E-state index in [1.54, 1.807) is 12.1 Å². The van der Waals surface area contributed by atoms with Crippen LogP contribution in [0.2, 0.25) is 0 Å². The largest absolute Gasteiger partial charge is 0.459 e. The van der Waals surface area contributed by atoms with Crippen molar-refractivity contribution in [2.24, 2.45) is 12.0 Å².